The Morgan fingerprint density at radius 2 is 2.04 bits per heavy atom. The van der Waals surface area contributed by atoms with Crippen molar-refractivity contribution < 1.29 is 19.5 Å². The molecule has 6 nitrogen and oxygen atoms in total. The number of nitrogens with zero attached hydrogens (tertiary/aromatic N) is 1. The van der Waals surface area contributed by atoms with Crippen LogP contribution in [0.2, 0.25) is 0 Å². The molecular weight excluding hydrogens is 308 g/mol. The summed E-state index contributed by atoms with van der Waals surface area (Å²) in [4.78, 5) is 35.4. The van der Waals surface area contributed by atoms with Crippen molar-refractivity contribution in [1.82, 2.24) is 10.2 Å². The summed E-state index contributed by atoms with van der Waals surface area (Å²) in [5.74, 6) is -1.35. The van der Waals surface area contributed by atoms with Crippen molar-refractivity contribution in [3.05, 3.63) is 41.5 Å². The summed E-state index contributed by atoms with van der Waals surface area (Å²) in [6.45, 7) is 2.16. The average molecular weight is 332 g/mol. The number of carboxylic acid groups (broad SMARTS) is 1. The first kappa shape index (κ1) is 19.4. The average Bonchev–Trinajstić information content (AvgIpc) is 2.58. The predicted molar refractivity (Wildman–Crippen MR) is 92.6 cm³/mol. The lowest BCUT2D eigenvalue weighted by atomic mass is 10.1. The smallest absolute Gasteiger partial charge is 0.322 e. The van der Waals surface area contributed by atoms with E-state index in [-0.39, 0.29) is 5.91 Å². The van der Waals surface area contributed by atoms with Gasteiger partial charge in [0, 0.05) is 25.6 Å². The first-order valence-corrected chi connectivity index (χ1v) is 7.94. The number of rotatable bonds is 9. The van der Waals surface area contributed by atoms with Crippen molar-refractivity contribution in [3.63, 3.8) is 0 Å². The lowest BCUT2D eigenvalue weighted by Gasteiger charge is -2.15. The van der Waals surface area contributed by atoms with Gasteiger partial charge in [0.05, 0.1) is 0 Å². The van der Waals surface area contributed by atoms with Crippen molar-refractivity contribution in [2.75, 3.05) is 20.1 Å². The minimum atomic E-state index is -1.08. The monoisotopic (exact) mass is 332 g/mol. The van der Waals surface area contributed by atoms with Crippen molar-refractivity contribution >= 4 is 23.9 Å². The molecule has 0 saturated heterocycles. The zero-order valence-electron chi connectivity index (χ0n) is 14.1. The van der Waals surface area contributed by atoms with E-state index in [1.54, 1.807) is 30.1 Å². The number of carboxylic acids is 1. The van der Waals surface area contributed by atoms with Gasteiger partial charge in [0.15, 0.2) is 0 Å². The van der Waals surface area contributed by atoms with Gasteiger partial charge in [-0.3, -0.25) is 14.4 Å². The van der Waals surface area contributed by atoms with E-state index in [0.717, 1.165) is 18.4 Å². The van der Waals surface area contributed by atoms with E-state index in [1.165, 1.54) is 0 Å². The van der Waals surface area contributed by atoms with E-state index in [1.807, 2.05) is 25.1 Å². The third kappa shape index (κ3) is 7.09. The molecule has 0 heterocycles. The molecule has 24 heavy (non-hydrogen) atoms. The van der Waals surface area contributed by atoms with Gasteiger partial charge in [-0.2, -0.15) is 0 Å². The molecule has 0 saturated carbocycles. The molecule has 0 fully saturated rings. The molecule has 0 aliphatic heterocycles. The molecule has 0 aliphatic carbocycles. The van der Waals surface area contributed by atoms with Gasteiger partial charge in [0.1, 0.15) is 6.54 Å². The molecule has 0 bridgehead atoms. The maximum absolute atomic E-state index is 11.8. The summed E-state index contributed by atoms with van der Waals surface area (Å²) in [6, 6.07) is 6.97. The fourth-order valence-electron chi connectivity index (χ4n) is 2.10. The molecule has 1 aromatic rings. The largest absolute Gasteiger partial charge is 0.480 e. The number of carbonyl (C=O) groups is 3. The number of amides is 2. The molecule has 2 amide bonds. The van der Waals surface area contributed by atoms with Crippen LogP contribution in [0.4, 0.5) is 0 Å². The summed E-state index contributed by atoms with van der Waals surface area (Å²) in [5, 5.41) is 10.9. The third-order valence-corrected chi connectivity index (χ3v) is 3.45. The van der Waals surface area contributed by atoms with Gasteiger partial charge >= 0.3 is 5.97 Å². The maximum Gasteiger partial charge on any atom is 0.322 e. The van der Waals surface area contributed by atoms with E-state index in [4.69, 9.17) is 5.11 Å². The van der Waals surface area contributed by atoms with E-state index < -0.39 is 18.4 Å². The Balaban J connectivity index is 2.48. The van der Waals surface area contributed by atoms with Crippen LogP contribution in [0.3, 0.4) is 0 Å². The zero-order chi connectivity index (χ0) is 17.9. The minimum absolute atomic E-state index is 0.138. The number of nitrogens with one attached hydrogen (secondary N) is 1. The molecule has 1 aromatic carbocycles. The number of aliphatic carboxylic acids is 1. The molecule has 6 heteroatoms. The van der Waals surface area contributed by atoms with Gasteiger partial charge in [-0.25, -0.2) is 0 Å². The Bertz CT molecular complexity index is 611. The van der Waals surface area contributed by atoms with Crippen molar-refractivity contribution in [2.24, 2.45) is 0 Å². The number of hydrogen-bond donors (Lipinski definition) is 2. The van der Waals surface area contributed by atoms with Crippen LogP contribution < -0.4 is 5.32 Å². The highest BCUT2D eigenvalue weighted by molar-refractivity contribution is 5.96. The summed E-state index contributed by atoms with van der Waals surface area (Å²) in [6.07, 6.45) is 6.13. The number of benzene rings is 1. The highest BCUT2D eigenvalue weighted by Gasteiger charge is 2.07. The van der Waals surface area contributed by atoms with Gasteiger partial charge in [-0.05, 0) is 30.5 Å². The minimum Gasteiger partial charge on any atom is -0.480 e. The summed E-state index contributed by atoms with van der Waals surface area (Å²) in [5.41, 5.74) is 1.29. The molecule has 0 spiro atoms. The van der Waals surface area contributed by atoms with Crippen molar-refractivity contribution in [1.29, 1.82) is 0 Å². The van der Waals surface area contributed by atoms with Gasteiger partial charge in [-0.1, -0.05) is 31.2 Å². The number of unbranched alkanes of at least 4 members (excludes halogenated alkanes) is 1. The van der Waals surface area contributed by atoms with Gasteiger partial charge in [-0.15, -0.1) is 0 Å². The molecule has 2 N–H and O–H groups in total. The van der Waals surface area contributed by atoms with Crippen LogP contribution in [-0.2, 0) is 9.59 Å². The fourth-order valence-corrected chi connectivity index (χ4v) is 2.10. The molecule has 1 rings (SSSR count). The summed E-state index contributed by atoms with van der Waals surface area (Å²) >= 11 is 0. The molecule has 0 unspecified atom stereocenters. The van der Waals surface area contributed by atoms with Gasteiger partial charge in [0.2, 0.25) is 5.91 Å². The Morgan fingerprint density at radius 1 is 1.29 bits per heavy atom. The van der Waals surface area contributed by atoms with Crippen LogP contribution >= 0.6 is 0 Å². The van der Waals surface area contributed by atoms with Gasteiger partial charge < -0.3 is 15.3 Å². The Hall–Kier alpha value is -2.63. The number of allylic oxidation sites excluding steroid dienone is 1. The van der Waals surface area contributed by atoms with Crippen molar-refractivity contribution in [2.45, 2.75) is 26.2 Å². The van der Waals surface area contributed by atoms with Crippen LogP contribution in [-0.4, -0.2) is 47.9 Å². The Kier molecular flexibility index (Phi) is 8.25. The van der Waals surface area contributed by atoms with Gasteiger partial charge in [0.25, 0.3) is 5.91 Å². The second-order valence-corrected chi connectivity index (χ2v) is 5.42. The first-order valence-electron chi connectivity index (χ1n) is 7.94. The molecule has 0 aliphatic rings. The highest BCUT2D eigenvalue weighted by atomic mass is 16.4. The first-order chi connectivity index (χ1) is 11.4. The van der Waals surface area contributed by atoms with Crippen LogP contribution in [0.5, 0.6) is 0 Å². The fraction of sp³-hybridized carbons (Fsp3) is 0.389. The molecule has 130 valence electrons. The van der Waals surface area contributed by atoms with E-state index in [0.29, 0.717) is 18.5 Å². The standard InChI is InChI=1S/C18H24N2O4/c1-3-16(21)20(2)11-6-4-5-8-14-9-7-10-15(12-14)18(24)19-13-17(22)23/h5,7-10,12H,3-4,6,11,13H2,1-2H3,(H,19,24)(H,22,23)/b8-5-. The summed E-state index contributed by atoms with van der Waals surface area (Å²) < 4.78 is 0. The number of hydrogen-bond acceptors (Lipinski definition) is 3. The molecule has 0 aromatic heterocycles. The van der Waals surface area contributed by atoms with Crippen LogP contribution in [0, 0.1) is 0 Å². The van der Waals surface area contributed by atoms with Crippen LogP contribution in [0.25, 0.3) is 6.08 Å². The molecule has 0 atom stereocenters. The second-order valence-electron chi connectivity index (χ2n) is 5.42. The highest BCUT2D eigenvalue weighted by Crippen LogP contribution is 2.08. The van der Waals surface area contributed by atoms with E-state index >= 15 is 0 Å². The maximum atomic E-state index is 11.8. The number of carbonyl (C=O) groups excluding carboxylic acids is 2. The lowest BCUT2D eigenvalue weighted by Crippen LogP contribution is -2.29. The van der Waals surface area contributed by atoms with Crippen molar-refractivity contribution in [3.8, 4) is 0 Å². The zero-order valence-corrected chi connectivity index (χ0v) is 14.1. The topological polar surface area (TPSA) is 86.7 Å². The van der Waals surface area contributed by atoms with Crippen LogP contribution in [0.15, 0.2) is 30.3 Å². The Morgan fingerprint density at radius 3 is 2.71 bits per heavy atom. The molecular formula is C18H24N2O4. The quantitative estimate of drug-likeness (QED) is 0.679. The lowest BCUT2D eigenvalue weighted by molar-refractivity contribution is -0.135. The van der Waals surface area contributed by atoms with E-state index in [2.05, 4.69) is 5.32 Å². The van der Waals surface area contributed by atoms with E-state index in [9.17, 15) is 14.4 Å². The SMILES string of the molecule is CCC(=O)N(C)CCC/C=C\c1cccc(C(=O)NCC(=O)O)c1. The second kappa shape index (κ2) is 10.2. The summed E-state index contributed by atoms with van der Waals surface area (Å²) in [7, 11) is 1.80. The third-order valence-electron chi connectivity index (χ3n) is 3.45. The van der Waals surface area contributed by atoms with Crippen LogP contribution in [0.1, 0.15) is 42.1 Å². The molecule has 0 radical (unpaired) electrons. The predicted octanol–water partition coefficient (Wildman–Crippen LogP) is 2.16. The normalized spacial score (nSPS) is 10.6. The Labute approximate surface area is 142 Å².